The largest absolute Gasteiger partial charge is 0.490 e. The monoisotopic (exact) mass is 283 g/mol. The fourth-order valence-electron chi connectivity index (χ4n) is 1.94. The van der Waals surface area contributed by atoms with Crippen molar-refractivity contribution in [3.05, 3.63) is 48.0 Å². The molecule has 0 aromatic heterocycles. The molecule has 106 valence electrons. The van der Waals surface area contributed by atoms with Crippen molar-refractivity contribution in [1.29, 1.82) is 5.26 Å². The average Bonchev–Trinajstić information content (AvgIpc) is 2.99. The van der Waals surface area contributed by atoms with Gasteiger partial charge in [-0.25, -0.2) is 0 Å². The zero-order chi connectivity index (χ0) is 14.5. The molecule has 21 heavy (non-hydrogen) atoms. The summed E-state index contributed by atoms with van der Waals surface area (Å²) in [4.78, 5) is 0. The zero-order valence-electron chi connectivity index (χ0n) is 11.2. The fourth-order valence-corrected chi connectivity index (χ4v) is 1.94. The first-order chi connectivity index (χ1) is 10.3. The van der Waals surface area contributed by atoms with Gasteiger partial charge < -0.3 is 18.9 Å². The first kappa shape index (κ1) is 13.1. The highest BCUT2D eigenvalue weighted by Crippen LogP contribution is 2.34. The highest BCUT2D eigenvalue weighted by Gasteiger charge is 2.13. The minimum Gasteiger partial charge on any atom is -0.490 e. The van der Waals surface area contributed by atoms with Gasteiger partial charge in [-0.05, 0) is 30.3 Å². The number of ether oxygens (including phenoxy) is 4. The zero-order valence-corrected chi connectivity index (χ0v) is 11.2. The van der Waals surface area contributed by atoms with Crippen LogP contribution in [0.1, 0.15) is 5.56 Å². The molecule has 0 spiro atoms. The lowest BCUT2D eigenvalue weighted by Gasteiger charge is -2.09. The van der Waals surface area contributed by atoms with Crippen LogP contribution < -0.4 is 18.9 Å². The highest BCUT2D eigenvalue weighted by atomic mass is 16.7. The van der Waals surface area contributed by atoms with Gasteiger partial charge in [0, 0.05) is 6.07 Å². The molecule has 1 heterocycles. The summed E-state index contributed by atoms with van der Waals surface area (Å²) in [6.07, 6.45) is 0. The van der Waals surface area contributed by atoms with Gasteiger partial charge in [0.25, 0.3) is 0 Å². The van der Waals surface area contributed by atoms with E-state index in [1.165, 1.54) is 0 Å². The van der Waals surface area contributed by atoms with Crippen LogP contribution in [0.4, 0.5) is 0 Å². The Kier molecular flexibility index (Phi) is 3.79. The second-order valence-corrected chi connectivity index (χ2v) is 4.35. The van der Waals surface area contributed by atoms with E-state index >= 15 is 0 Å². The fraction of sp³-hybridized carbons (Fsp3) is 0.188. The molecule has 2 aromatic carbocycles. The van der Waals surface area contributed by atoms with Gasteiger partial charge in [0.1, 0.15) is 24.7 Å². The molecule has 0 atom stereocenters. The summed E-state index contributed by atoms with van der Waals surface area (Å²) in [5.74, 6) is 2.78. The van der Waals surface area contributed by atoms with Crippen LogP contribution in [-0.2, 0) is 0 Å². The van der Waals surface area contributed by atoms with Gasteiger partial charge in [0.15, 0.2) is 11.5 Å². The summed E-state index contributed by atoms with van der Waals surface area (Å²) in [5, 5.41) is 8.81. The maximum atomic E-state index is 8.81. The molecule has 3 rings (SSSR count). The van der Waals surface area contributed by atoms with Crippen molar-refractivity contribution in [1.82, 2.24) is 0 Å². The van der Waals surface area contributed by atoms with Gasteiger partial charge >= 0.3 is 0 Å². The van der Waals surface area contributed by atoms with Gasteiger partial charge in [0.05, 0.1) is 11.6 Å². The number of hydrogen-bond donors (Lipinski definition) is 0. The van der Waals surface area contributed by atoms with E-state index in [0.717, 1.165) is 5.75 Å². The van der Waals surface area contributed by atoms with Crippen molar-refractivity contribution < 1.29 is 18.9 Å². The number of hydrogen-bond acceptors (Lipinski definition) is 5. The third kappa shape index (κ3) is 3.18. The molecule has 0 unspecified atom stereocenters. The van der Waals surface area contributed by atoms with E-state index < -0.39 is 0 Å². The summed E-state index contributed by atoms with van der Waals surface area (Å²) < 4.78 is 21.6. The van der Waals surface area contributed by atoms with Crippen LogP contribution in [0, 0.1) is 11.3 Å². The second kappa shape index (κ2) is 6.06. The van der Waals surface area contributed by atoms with E-state index in [2.05, 4.69) is 6.07 Å². The standard InChI is InChI=1S/C16H13NO4/c17-10-12-2-1-3-13(8-12)18-6-7-19-14-4-5-15-16(9-14)21-11-20-15/h1-5,8-9H,6-7,11H2. The Balaban J connectivity index is 1.49. The predicted octanol–water partition coefficient (Wildman–Crippen LogP) is 2.74. The maximum absolute atomic E-state index is 8.81. The Morgan fingerprint density at radius 3 is 2.52 bits per heavy atom. The molecule has 0 saturated heterocycles. The molecular weight excluding hydrogens is 270 g/mol. The Bertz CT molecular complexity index is 678. The molecule has 5 nitrogen and oxygen atoms in total. The van der Waals surface area contributed by atoms with Crippen LogP contribution >= 0.6 is 0 Å². The van der Waals surface area contributed by atoms with Crippen molar-refractivity contribution in [2.24, 2.45) is 0 Å². The first-order valence-electron chi connectivity index (χ1n) is 6.50. The van der Waals surface area contributed by atoms with E-state index in [-0.39, 0.29) is 6.79 Å². The lowest BCUT2D eigenvalue weighted by molar-refractivity contribution is 0.173. The summed E-state index contributed by atoms with van der Waals surface area (Å²) in [6.45, 7) is 1.04. The van der Waals surface area contributed by atoms with Crippen LogP contribution in [0.15, 0.2) is 42.5 Å². The smallest absolute Gasteiger partial charge is 0.231 e. The summed E-state index contributed by atoms with van der Waals surface area (Å²) in [5.41, 5.74) is 0.573. The minimum atomic E-state index is 0.247. The Morgan fingerprint density at radius 2 is 1.71 bits per heavy atom. The van der Waals surface area contributed by atoms with Crippen LogP contribution in [0.25, 0.3) is 0 Å². The molecule has 0 aliphatic carbocycles. The molecule has 0 radical (unpaired) electrons. The van der Waals surface area contributed by atoms with E-state index in [9.17, 15) is 0 Å². The SMILES string of the molecule is N#Cc1cccc(OCCOc2ccc3c(c2)OCO3)c1. The van der Waals surface area contributed by atoms with Crippen molar-refractivity contribution in [3.8, 4) is 29.1 Å². The van der Waals surface area contributed by atoms with Gasteiger partial charge in [-0.3, -0.25) is 0 Å². The van der Waals surface area contributed by atoms with E-state index in [1.54, 1.807) is 30.3 Å². The topological polar surface area (TPSA) is 60.7 Å². The van der Waals surface area contributed by atoms with Gasteiger partial charge in [-0.15, -0.1) is 0 Å². The van der Waals surface area contributed by atoms with Gasteiger partial charge in [0.2, 0.25) is 6.79 Å². The molecule has 0 N–H and O–H groups in total. The molecule has 1 aliphatic heterocycles. The normalized spacial score (nSPS) is 11.8. The minimum absolute atomic E-state index is 0.247. The third-order valence-corrected chi connectivity index (χ3v) is 2.93. The van der Waals surface area contributed by atoms with E-state index in [4.69, 9.17) is 24.2 Å². The summed E-state index contributed by atoms with van der Waals surface area (Å²) in [6, 6.07) is 14.5. The Hall–Kier alpha value is -2.87. The molecular formula is C16H13NO4. The molecule has 5 heteroatoms. The van der Waals surface area contributed by atoms with Crippen molar-refractivity contribution in [3.63, 3.8) is 0 Å². The number of fused-ring (bicyclic) bond motifs is 1. The van der Waals surface area contributed by atoms with Crippen LogP contribution in [0.5, 0.6) is 23.0 Å². The number of benzene rings is 2. The molecule has 2 aromatic rings. The van der Waals surface area contributed by atoms with Gasteiger partial charge in [-0.2, -0.15) is 5.26 Å². The van der Waals surface area contributed by atoms with Gasteiger partial charge in [-0.1, -0.05) is 6.07 Å². The first-order valence-corrected chi connectivity index (χ1v) is 6.50. The van der Waals surface area contributed by atoms with Crippen LogP contribution in [0.3, 0.4) is 0 Å². The highest BCUT2D eigenvalue weighted by molar-refractivity contribution is 5.46. The van der Waals surface area contributed by atoms with Crippen molar-refractivity contribution >= 4 is 0 Å². The molecule has 0 fully saturated rings. The molecule has 0 amide bonds. The molecule has 0 bridgehead atoms. The van der Waals surface area contributed by atoms with Crippen LogP contribution in [-0.4, -0.2) is 20.0 Å². The lowest BCUT2D eigenvalue weighted by atomic mass is 10.2. The molecule has 0 saturated carbocycles. The van der Waals surface area contributed by atoms with E-state index in [0.29, 0.717) is 36.0 Å². The van der Waals surface area contributed by atoms with E-state index in [1.807, 2.05) is 12.1 Å². The summed E-state index contributed by atoms with van der Waals surface area (Å²) >= 11 is 0. The number of nitrogens with zero attached hydrogens (tertiary/aromatic N) is 1. The quantitative estimate of drug-likeness (QED) is 0.790. The summed E-state index contributed by atoms with van der Waals surface area (Å²) in [7, 11) is 0. The molecule has 1 aliphatic rings. The van der Waals surface area contributed by atoms with Crippen molar-refractivity contribution in [2.75, 3.05) is 20.0 Å². The predicted molar refractivity (Wildman–Crippen MR) is 74.7 cm³/mol. The Labute approximate surface area is 122 Å². The third-order valence-electron chi connectivity index (χ3n) is 2.93. The Morgan fingerprint density at radius 1 is 0.952 bits per heavy atom. The maximum Gasteiger partial charge on any atom is 0.231 e. The average molecular weight is 283 g/mol. The number of nitriles is 1. The van der Waals surface area contributed by atoms with Crippen LogP contribution in [0.2, 0.25) is 0 Å². The van der Waals surface area contributed by atoms with Crippen molar-refractivity contribution in [2.45, 2.75) is 0 Å². The second-order valence-electron chi connectivity index (χ2n) is 4.35. The number of rotatable bonds is 5. The lowest BCUT2D eigenvalue weighted by Crippen LogP contribution is -2.09.